The van der Waals surface area contributed by atoms with Crippen LogP contribution in [0, 0.1) is 0 Å². The highest BCUT2D eigenvalue weighted by molar-refractivity contribution is 5.41. The highest BCUT2D eigenvalue weighted by Crippen LogP contribution is 2.17. The van der Waals surface area contributed by atoms with Crippen molar-refractivity contribution in [3.8, 4) is 0 Å². The minimum atomic E-state index is 0.620. The molecular weight excluding hydrogens is 176 g/mol. The van der Waals surface area contributed by atoms with E-state index in [4.69, 9.17) is 0 Å². The molecule has 1 aromatic rings. The van der Waals surface area contributed by atoms with E-state index in [9.17, 15) is 0 Å². The van der Waals surface area contributed by atoms with Gasteiger partial charge in [-0.3, -0.25) is 0 Å². The summed E-state index contributed by atoms with van der Waals surface area (Å²) in [5.74, 6) is 1.98. The largest absolute Gasteiger partial charge is 0.353 e. The van der Waals surface area contributed by atoms with Gasteiger partial charge in [0.1, 0.15) is 11.6 Å². The number of hydrogen-bond donors (Lipinski definition) is 1. The zero-order valence-corrected chi connectivity index (χ0v) is 8.70. The number of rotatable bonds is 3. The molecule has 2 rings (SSSR count). The predicted octanol–water partition coefficient (Wildman–Crippen LogP) is 0.447. The summed E-state index contributed by atoms with van der Waals surface area (Å²) >= 11 is 0. The molecule has 4 heteroatoms. The van der Waals surface area contributed by atoms with Crippen LogP contribution in [0.1, 0.15) is 12.7 Å². The Morgan fingerprint density at radius 1 is 1.57 bits per heavy atom. The molecule has 4 nitrogen and oxygen atoms in total. The topological polar surface area (TPSA) is 41.1 Å². The van der Waals surface area contributed by atoms with Gasteiger partial charge in [0.05, 0.1) is 0 Å². The summed E-state index contributed by atoms with van der Waals surface area (Å²) in [5.41, 5.74) is 0. The Bertz CT molecular complexity index is 307. The molecule has 2 heterocycles. The average molecular weight is 192 g/mol. The normalized spacial score (nSPS) is 16.9. The lowest BCUT2D eigenvalue weighted by molar-refractivity contribution is 0.446. The SMILES string of the molecule is CCc1nccc(N2CC(NC)C2)n1. The lowest BCUT2D eigenvalue weighted by atomic mass is 10.1. The molecule has 0 bridgehead atoms. The molecule has 0 radical (unpaired) electrons. The van der Waals surface area contributed by atoms with Crippen molar-refractivity contribution in [2.75, 3.05) is 25.0 Å². The average Bonchev–Trinajstić information content (AvgIpc) is 2.17. The first kappa shape index (κ1) is 9.40. The molecule has 14 heavy (non-hydrogen) atoms. The van der Waals surface area contributed by atoms with Gasteiger partial charge < -0.3 is 10.2 Å². The van der Waals surface area contributed by atoms with E-state index in [1.54, 1.807) is 0 Å². The summed E-state index contributed by atoms with van der Waals surface area (Å²) in [4.78, 5) is 10.9. The van der Waals surface area contributed by atoms with Crippen LogP contribution in [0.25, 0.3) is 0 Å². The Morgan fingerprint density at radius 3 is 3.00 bits per heavy atom. The fourth-order valence-electron chi connectivity index (χ4n) is 1.58. The van der Waals surface area contributed by atoms with Gasteiger partial charge in [0.2, 0.25) is 0 Å². The second kappa shape index (κ2) is 3.92. The first-order valence-corrected chi connectivity index (χ1v) is 5.07. The van der Waals surface area contributed by atoms with Crippen LogP contribution in [-0.2, 0) is 6.42 Å². The van der Waals surface area contributed by atoms with E-state index in [0.717, 1.165) is 31.2 Å². The number of aryl methyl sites for hydroxylation is 1. The maximum atomic E-state index is 4.47. The van der Waals surface area contributed by atoms with Crippen LogP contribution >= 0.6 is 0 Å². The summed E-state index contributed by atoms with van der Waals surface area (Å²) in [6.45, 7) is 4.18. The van der Waals surface area contributed by atoms with Gasteiger partial charge in [-0.25, -0.2) is 9.97 Å². The van der Waals surface area contributed by atoms with Crippen LogP contribution in [0.5, 0.6) is 0 Å². The van der Waals surface area contributed by atoms with Crippen molar-refractivity contribution in [1.82, 2.24) is 15.3 Å². The van der Waals surface area contributed by atoms with Gasteiger partial charge in [-0.1, -0.05) is 6.92 Å². The predicted molar refractivity (Wildman–Crippen MR) is 56.5 cm³/mol. The first-order valence-electron chi connectivity index (χ1n) is 5.07. The molecule has 1 N–H and O–H groups in total. The van der Waals surface area contributed by atoms with Crippen molar-refractivity contribution in [3.05, 3.63) is 18.1 Å². The van der Waals surface area contributed by atoms with Crippen molar-refractivity contribution < 1.29 is 0 Å². The van der Waals surface area contributed by atoms with E-state index in [0.29, 0.717) is 6.04 Å². The third-order valence-corrected chi connectivity index (χ3v) is 2.62. The number of aromatic nitrogens is 2. The van der Waals surface area contributed by atoms with E-state index in [2.05, 4.69) is 27.1 Å². The minimum Gasteiger partial charge on any atom is -0.353 e. The van der Waals surface area contributed by atoms with Gasteiger partial charge in [0.25, 0.3) is 0 Å². The molecule has 1 fully saturated rings. The molecular formula is C10H16N4. The van der Waals surface area contributed by atoms with Crippen molar-refractivity contribution in [2.24, 2.45) is 0 Å². The molecule has 0 amide bonds. The quantitative estimate of drug-likeness (QED) is 0.755. The molecule has 1 saturated heterocycles. The van der Waals surface area contributed by atoms with Crippen molar-refractivity contribution in [2.45, 2.75) is 19.4 Å². The zero-order valence-electron chi connectivity index (χ0n) is 8.70. The summed E-state index contributed by atoms with van der Waals surface area (Å²) in [6.07, 6.45) is 2.74. The lowest BCUT2D eigenvalue weighted by Gasteiger charge is -2.39. The van der Waals surface area contributed by atoms with Crippen LogP contribution in [-0.4, -0.2) is 36.1 Å². The summed E-state index contributed by atoms with van der Waals surface area (Å²) in [6, 6.07) is 2.60. The number of likely N-dealkylation sites (N-methyl/N-ethyl adjacent to an activating group) is 1. The molecule has 0 aromatic carbocycles. The number of hydrogen-bond acceptors (Lipinski definition) is 4. The molecule has 0 spiro atoms. The van der Waals surface area contributed by atoms with Gasteiger partial charge >= 0.3 is 0 Å². The molecule has 0 unspecified atom stereocenters. The first-order chi connectivity index (χ1) is 6.83. The van der Waals surface area contributed by atoms with E-state index >= 15 is 0 Å². The maximum absolute atomic E-state index is 4.47. The van der Waals surface area contributed by atoms with Gasteiger partial charge in [-0.15, -0.1) is 0 Å². The zero-order chi connectivity index (χ0) is 9.97. The Morgan fingerprint density at radius 2 is 2.36 bits per heavy atom. The lowest BCUT2D eigenvalue weighted by Crippen LogP contribution is -2.57. The molecule has 1 aromatic heterocycles. The summed E-state index contributed by atoms with van der Waals surface area (Å²) < 4.78 is 0. The van der Waals surface area contributed by atoms with Gasteiger partial charge in [-0.2, -0.15) is 0 Å². The van der Waals surface area contributed by atoms with Crippen LogP contribution in [0.4, 0.5) is 5.82 Å². The van der Waals surface area contributed by atoms with Crippen LogP contribution in [0.2, 0.25) is 0 Å². The van der Waals surface area contributed by atoms with Gasteiger partial charge in [0.15, 0.2) is 0 Å². The highest BCUT2D eigenvalue weighted by atomic mass is 15.3. The molecule has 1 aliphatic rings. The molecule has 0 atom stereocenters. The van der Waals surface area contributed by atoms with Gasteiger partial charge in [0, 0.05) is 31.7 Å². The second-order valence-corrected chi connectivity index (χ2v) is 3.58. The smallest absolute Gasteiger partial charge is 0.132 e. The van der Waals surface area contributed by atoms with Crippen molar-refractivity contribution in [1.29, 1.82) is 0 Å². The third kappa shape index (κ3) is 1.70. The Kier molecular flexibility index (Phi) is 2.63. The fourth-order valence-corrected chi connectivity index (χ4v) is 1.58. The minimum absolute atomic E-state index is 0.620. The van der Waals surface area contributed by atoms with E-state index in [-0.39, 0.29) is 0 Å². The highest BCUT2D eigenvalue weighted by Gasteiger charge is 2.25. The fraction of sp³-hybridized carbons (Fsp3) is 0.600. The molecule has 1 aliphatic heterocycles. The molecule has 0 saturated carbocycles. The summed E-state index contributed by atoms with van der Waals surface area (Å²) in [7, 11) is 2.00. The number of nitrogens with zero attached hydrogens (tertiary/aromatic N) is 3. The van der Waals surface area contributed by atoms with E-state index in [1.807, 2.05) is 19.3 Å². The Labute approximate surface area is 84.4 Å². The van der Waals surface area contributed by atoms with Crippen LogP contribution in [0.3, 0.4) is 0 Å². The molecule has 76 valence electrons. The second-order valence-electron chi connectivity index (χ2n) is 3.58. The number of anilines is 1. The monoisotopic (exact) mass is 192 g/mol. The standard InChI is InChI=1S/C10H16N4/c1-3-9-12-5-4-10(13-9)14-6-8(7-14)11-2/h4-5,8,11H,3,6-7H2,1-2H3. The Balaban J connectivity index is 2.03. The third-order valence-electron chi connectivity index (χ3n) is 2.62. The maximum Gasteiger partial charge on any atom is 0.132 e. The van der Waals surface area contributed by atoms with Crippen LogP contribution < -0.4 is 10.2 Å². The summed E-state index contributed by atoms with van der Waals surface area (Å²) in [5, 5.41) is 3.24. The van der Waals surface area contributed by atoms with Crippen LogP contribution in [0.15, 0.2) is 12.3 Å². The van der Waals surface area contributed by atoms with Crippen molar-refractivity contribution >= 4 is 5.82 Å². The van der Waals surface area contributed by atoms with Crippen molar-refractivity contribution in [3.63, 3.8) is 0 Å². The number of nitrogens with one attached hydrogen (secondary N) is 1. The van der Waals surface area contributed by atoms with E-state index < -0.39 is 0 Å². The molecule has 0 aliphatic carbocycles. The Hall–Kier alpha value is -1.16. The van der Waals surface area contributed by atoms with Gasteiger partial charge in [-0.05, 0) is 13.1 Å². The van der Waals surface area contributed by atoms with E-state index in [1.165, 1.54) is 0 Å².